The standard InChI is InChI=1S/C19H16N2O3S/c1-2-23-13-7-3-6-12(9-13)17-20-18-14(19(25)21-17)10-11-5-4-8-15(22)16(11)24-18/h3-9,14,22H,2,10H2,1H3. The van der Waals surface area contributed by atoms with Gasteiger partial charge < -0.3 is 14.6 Å². The minimum Gasteiger partial charge on any atom is -0.504 e. The number of thiocarbonyl (C=S) groups is 1. The van der Waals surface area contributed by atoms with Gasteiger partial charge in [-0.15, -0.1) is 0 Å². The highest BCUT2D eigenvalue weighted by Crippen LogP contribution is 2.37. The van der Waals surface area contributed by atoms with Gasteiger partial charge in [-0.3, -0.25) is 0 Å². The Kier molecular flexibility index (Phi) is 3.97. The molecule has 6 heteroatoms. The summed E-state index contributed by atoms with van der Waals surface area (Å²) in [5, 5.41) is 10.0. The van der Waals surface area contributed by atoms with Crippen LogP contribution in [0.3, 0.4) is 0 Å². The monoisotopic (exact) mass is 352 g/mol. The summed E-state index contributed by atoms with van der Waals surface area (Å²) in [5.74, 6) is 2.10. The third kappa shape index (κ3) is 2.89. The second-order valence-electron chi connectivity index (χ2n) is 5.81. The molecule has 25 heavy (non-hydrogen) atoms. The number of fused-ring (bicyclic) bond motifs is 2. The molecule has 1 N–H and O–H groups in total. The Hall–Kier alpha value is -2.73. The van der Waals surface area contributed by atoms with Gasteiger partial charge in [-0.25, -0.2) is 4.99 Å². The van der Waals surface area contributed by atoms with Crippen molar-refractivity contribution in [3.63, 3.8) is 0 Å². The lowest BCUT2D eigenvalue weighted by atomic mass is 9.94. The fraction of sp³-hybridized carbons (Fsp3) is 0.211. The van der Waals surface area contributed by atoms with Crippen molar-refractivity contribution in [1.29, 1.82) is 0 Å². The molecule has 0 spiro atoms. The summed E-state index contributed by atoms with van der Waals surface area (Å²) in [4.78, 5) is 9.59. The molecule has 5 nitrogen and oxygen atoms in total. The van der Waals surface area contributed by atoms with Gasteiger partial charge in [-0.05, 0) is 37.1 Å². The normalized spacial score (nSPS) is 18.4. The van der Waals surface area contributed by atoms with Crippen molar-refractivity contribution >= 4 is 28.9 Å². The van der Waals surface area contributed by atoms with Crippen LogP contribution in [-0.4, -0.2) is 28.4 Å². The van der Waals surface area contributed by atoms with Gasteiger partial charge in [0.15, 0.2) is 17.3 Å². The maximum absolute atomic E-state index is 10.0. The first-order valence-corrected chi connectivity index (χ1v) is 8.49. The van der Waals surface area contributed by atoms with E-state index in [1.165, 1.54) is 0 Å². The zero-order valence-electron chi connectivity index (χ0n) is 13.6. The van der Waals surface area contributed by atoms with Crippen LogP contribution in [0, 0.1) is 5.92 Å². The topological polar surface area (TPSA) is 63.4 Å². The summed E-state index contributed by atoms with van der Waals surface area (Å²) in [6.07, 6.45) is 0.622. The van der Waals surface area contributed by atoms with Gasteiger partial charge in [-0.2, -0.15) is 4.99 Å². The van der Waals surface area contributed by atoms with Crippen LogP contribution in [0.5, 0.6) is 17.2 Å². The molecule has 0 saturated carbocycles. The molecule has 0 radical (unpaired) electrons. The minimum atomic E-state index is -0.178. The summed E-state index contributed by atoms with van der Waals surface area (Å²) in [7, 11) is 0. The highest BCUT2D eigenvalue weighted by atomic mass is 32.1. The fourth-order valence-electron chi connectivity index (χ4n) is 2.96. The number of aromatic hydroxyl groups is 1. The molecule has 2 heterocycles. The van der Waals surface area contributed by atoms with E-state index in [1.54, 1.807) is 12.1 Å². The predicted octanol–water partition coefficient (Wildman–Crippen LogP) is 3.53. The zero-order valence-corrected chi connectivity index (χ0v) is 14.4. The van der Waals surface area contributed by atoms with Crippen molar-refractivity contribution in [2.75, 3.05) is 6.61 Å². The number of benzene rings is 2. The molecule has 0 fully saturated rings. The summed E-state index contributed by atoms with van der Waals surface area (Å²) >= 11 is 5.48. The van der Waals surface area contributed by atoms with Crippen molar-refractivity contribution in [2.45, 2.75) is 13.3 Å². The third-order valence-corrected chi connectivity index (χ3v) is 4.51. The van der Waals surface area contributed by atoms with Gasteiger partial charge in [0.25, 0.3) is 0 Å². The van der Waals surface area contributed by atoms with Gasteiger partial charge in [-0.1, -0.05) is 36.5 Å². The summed E-state index contributed by atoms with van der Waals surface area (Å²) in [5.41, 5.74) is 1.72. The number of nitrogens with zero attached hydrogens (tertiary/aromatic N) is 2. The first-order valence-electron chi connectivity index (χ1n) is 8.08. The average molecular weight is 352 g/mol. The molecule has 2 aliphatic heterocycles. The van der Waals surface area contributed by atoms with E-state index in [2.05, 4.69) is 9.98 Å². The number of para-hydroxylation sites is 1. The molecular weight excluding hydrogens is 336 g/mol. The lowest BCUT2D eigenvalue weighted by Crippen LogP contribution is -2.36. The second-order valence-corrected chi connectivity index (χ2v) is 6.23. The Morgan fingerprint density at radius 2 is 2.08 bits per heavy atom. The molecule has 2 aromatic carbocycles. The molecule has 0 saturated heterocycles. The number of aliphatic imine (C=N–C) groups is 2. The van der Waals surface area contributed by atoms with Crippen LogP contribution in [0.4, 0.5) is 0 Å². The molecule has 1 atom stereocenters. The lowest BCUT2D eigenvalue weighted by Gasteiger charge is -2.28. The van der Waals surface area contributed by atoms with E-state index in [-0.39, 0.29) is 11.7 Å². The molecule has 4 rings (SSSR count). The first-order chi connectivity index (χ1) is 12.2. The van der Waals surface area contributed by atoms with Crippen LogP contribution in [0.2, 0.25) is 0 Å². The molecular formula is C19H16N2O3S. The highest BCUT2D eigenvalue weighted by molar-refractivity contribution is 7.80. The molecule has 0 aliphatic carbocycles. The van der Waals surface area contributed by atoms with E-state index in [4.69, 9.17) is 21.7 Å². The lowest BCUT2D eigenvalue weighted by molar-refractivity contribution is 0.340. The van der Waals surface area contributed by atoms with Crippen LogP contribution in [0.15, 0.2) is 52.4 Å². The molecule has 0 amide bonds. The quantitative estimate of drug-likeness (QED) is 0.859. The summed E-state index contributed by atoms with van der Waals surface area (Å²) in [6, 6.07) is 12.9. The largest absolute Gasteiger partial charge is 0.504 e. The van der Waals surface area contributed by atoms with E-state index >= 15 is 0 Å². The molecule has 1 unspecified atom stereocenters. The Morgan fingerprint density at radius 1 is 1.24 bits per heavy atom. The van der Waals surface area contributed by atoms with Crippen LogP contribution in [-0.2, 0) is 6.42 Å². The van der Waals surface area contributed by atoms with Crippen LogP contribution < -0.4 is 9.47 Å². The molecule has 2 aliphatic rings. The van der Waals surface area contributed by atoms with Gasteiger partial charge in [0.1, 0.15) is 10.7 Å². The Morgan fingerprint density at radius 3 is 2.92 bits per heavy atom. The fourth-order valence-corrected chi connectivity index (χ4v) is 3.23. The highest BCUT2D eigenvalue weighted by Gasteiger charge is 2.34. The van der Waals surface area contributed by atoms with Gasteiger partial charge in [0.05, 0.1) is 12.5 Å². The second kappa shape index (κ2) is 6.29. The SMILES string of the molecule is CCOc1cccc(C2=NC(=S)C3Cc4cccc(O)c4OC3=N2)c1. The number of hydrogen-bond acceptors (Lipinski definition) is 5. The number of hydrogen-bond donors (Lipinski definition) is 1. The average Bonchev–Trinajstić information content (AvgIpc) is 2.62. The maximum atomic E-state index is 10.0. The number of rotatable bonds is 3. The van der Waals surface area contributed by atoms with Crippen LogP contribution >= 0.6 is 12.2 Å². The summed E-state index contributed by atoms with van der Waals surface area (Å²) < 4.78 is 11.4. The Labute approximate surface area is 150 Å². The van der Waals surface area contributed by atoms with Crippen molar-refractivity contribution in [1.82, 2.24) is 0 Å². The summed E-state index contributed by atoms with van der Waals surface area (Å²) in [6.45, 7) is 2.52. The van der Waals surface area contributed by atoms with Gasteiger partial charge in [0.2, 0.25) is 5.90 Å². The van der Waals surface area contributed by atoms with E-state index in [9.17, 15) is 5.11 Å². The van der Waals surface area contributed by atoms with Crippen molar-refractivity contribution in [2.24, 2.45) is 15.9 Å². The third-order valence-electron chi connectivity index (χ3n) is 4.14. The number of phenolic OH excluding ortho intramolecular Hbond substituents is 1. The van der Waals surface area contributed by atoms with Crippen LogP contribution in [0.1, 0.15) is 18.1 Å². The van der Waals surface area contributed by atoms with Crippen LogP contribution in [0.25, 0.3) is 0 Å². The van der Waals surface area contributed by atoms with Crippen molar-refractivity contribution in [3.05, 3.63) is 53.6 Å². The first kappa shape index (κ1) is 15.8. The Bertz CT molecular complexity index is 921. The predicted molar refractivity (Wildman–Crippen MR) is 100 cm³/mol. The van der Waals surface area contributed by atoms with Gasteiger partial charge in [0, 0.05) is 5.56 Å². The smallest absolute Gasteiger partial charge is 0.207 e. The number of amidine groups is 1. The maximum Gasteiger partial charge on any atom is 0.207 e. The molecule has 126 valence electrons. The van der Waals surface area contributed by atoms with Gasteiger partial charge >= 0.3 is 0 Å². The van der Waals surface area contributed by atoms with E-state index < -0.39 is 0 Å². The molecule has 0 bridgehead atoms. The minimum absolute atomic E-state index is 0.104. The zero-order chi connectivity index (χ0) is 17.4. The Balaban J connectivity index is 1.71. The van der Waals surface area contributed by atoms with E-state index in [0.717, 1.165) is 16.9 Å². The van der Waals surface area contributed by atoms with E-state index in [1.807, 2.05) is 37.3 Å². The number of ether oxygens (including phenoxy) is 2. The molecule has 0 aromatic heterocycles. The van der Waals surface area contributed by atoms with Crippen molar-refractivity contribution < 1.29 is 14.6 Å². The van der Waals surface area contributed by atoms with E-state index in [0.29, 0.717) is 35.5 Å². The number of phenols is 1. The molecule has 2 aromatic rings. The van der Waals surface area contributed by atoms with Crippen molar-refractivity contribution in [3.8, 4) is 17.2 Å².